The SMILES string of the molecule is CCCC[C@H](NC(=O)OCC1(CCSc2nccn2C)CCC1)C(O)C(=O)N[C@H](C)c1ccccc1. The third-order valence-corrected chi connectivity index (χ3v) is 8.10. The average molecular weight is 517 g/mol. The van der Waals surface area contributed by atoms with E-state index >= 15 is 0 Å². The molecule has 1 unspecified atom stereocenters. The fourth-order valence-electron chi connectivity index (χ4n) is 4.44. The zero-order chi connectivity index (χ0) is 26.0. The molecule has 3 rings (SSSR count). The van der Waals surface area contributed by atoms with E-state index in [0.717, 1.165) is 55.0 Å². The molecule has 1 aliphatic carbocycles. The number of hydrogen-bond acceptors (Lipinski definition) is 6. The number of ether oxygens (including phenoxy) is 1. The fourth-order valence-corrected chi connectivity index (χ4v) is 5.56. The number of unbranched alkanes of at least 4 members (excludes halogenated alkanes) is 1. The predicted octanol–water partition coefficient (Wildman–Crippen LogP) is 4.60. The molecular formula is C27H40N4O4S. The van der Waals surface area contributed by atoms with Gasteiger partial charge < -0.3 is 25.0 Å². The van der Waals surface area contributed by atoms with Crippen LogP contribution in [-0.4, -0.2) is 51.2 Å². The molecule has 1 aliphatic rings. The van der Waals surface area contributed by atoms with Gasteiger partial charge in [-0.05, 0) is 38.2 Å². The normalized spacial score (nSPS) is 16.9. The lowest BCUT2D eigenvalue weighted by atomic mass is 9.67. The number of aliphatic hydroxyl groups is 1. The van der Waals surface area contributed by atoms with Gasteiger partial charge in [0.2, 0.25) is 0 Å². The number of imidazole rings is 1. The van der Waals surface area contributed by atoms with E-state index in [1.54, 1.807) is 18.0 Å². The predicted molar refractivity (Wildman–Crippen MR) is 142 cm³/mol. The Hall–Kier alpha value is -2.52. The summed E-state index contributed by atoms with van der Waals surface area (Å²) in [6.07, 6.45) is 8.08. The number of aromatic nitrogens is 2. The van der Waals surface area contributed by atoms with Crippen molar-refractivity contribution in [1.29, 1.82) is 0 Å². The van der Waals surface area contributed by atoms with Gasteiger partial charge in [-0.2, -0.15) is 0 Å². The number of hydrogen-bond donors (Lipinski definition) is 3. The maximum Gasteiger partial charge on any atom is 0.407 e. The van der Waals surface area contributed by atoms with Crippen LogP contribution in [0, 0.1) is 5.41 Å². The van der Waals surface area contributed by atoms with Crippen LogP contribution < -0.4 is 10.6 Å². The molecule has 1 heterocycles. The molecule has 0 saturated heterocycles. The zero-order valence-electron chi connectivity index (χ0n) is 21.6. The molecule has 0 spiro atoms. The van der Waals surface area contributed by atoms with Crippen molar-refractivity contribution in [1.82, 2.24) is 20.2 Å². The summed E-state index contributed by atoms with van der Waals surface area (Å²) in [5, 5.41) is 17.4. The third kappa shape index (κ3) is 8.00. The van der Waals surface area contributed by atoms with E-state index in [2.05, 4.69) is 15.6 Å². The molecule has 2 aromatic rings. The van der Waals surface area contributed by atoms with Crippen molar-refractivity contribution in [2.24, 2.45) is 12.5 Å². The van der Waals surface area contributed by atoms with Gasteiger partial charge in [0.15, 0.2) is 11.3 Å². The Morgan fingerprint density at radius 3 is 2.61 bits per heavy atom. The van der Waals surface area contributed by atoms with Gasteiger partial charge in [-0.25, -0.2) is 9.78 Å². The number of aliphatic hydroxyl groups excluding tert-OH is 1. The van der Waals surface area contributed by atoms with Crippen molar-refractivity contribution >= 4 is 23.8 Å². The van der Waals surface area contributed by atoms with Crippen LogP contribution in [0.1, 0.15) is 70.4 Å². The highest BCUT2D eigenvalue weighted by molar-refractivity contribution is 7.99. The first-order chi connectivity index (χ1) is 17.3. The van der Waals surface area contributed by atoms with Crippen LogP contribution in [0.4, 0.5) is 4.79 Å². The number of aryl methyl sites for hydroxylation is 1. The van der Waals surface area contributed by atoms with Gasteiger partial charge in [-0.1, -0.05) is 68.3 Å². The van der Waals surface area contributed by atoms with Gasteiger partial charge in [-0.15, -0.1) is 0 Å². The van der Waals surface area contributed by atoms with Crippen LogP contribution in [0.2, 0.25) is 0 Å². The molecule has 9 heteroatoms. The van der Waals surface area contributed by atoms with Crippen LogP contribution in [0.5, 0.6) is 0 Å². The second-order valence-electron chi connectivity index (χ2n) is 9.83. The Morgan fingerprint density at radius 1 is 1.25 bits per heavy atom. The second-order valence-corrected chi connectivity index (χ2v) is 10.9. The van der Waals surface area contributed by atoms with Gasteiger partial charge in [0.05, 0.1) is 18.7 Å². The maximum atomic E-state index is 12.8. The minimum atomic E-state index is -1.36. The molecule has 198 valence electrons. The highest BCUT2D eigenvalue weighted by Gasteiger charge is 2.38. The van der Waals surface area contributed by atoms with Crippen LogP contribution >= 0.6 is 11.8 Å². The average Bonchev–Trinajstić information content (AvgIpc) is 3.27. The lowest BCUT2D eigenvalue weighted by molar-refractivity contribution is -0.131. The van der Waals surface area contributed by atoms with Crippen LogP contribution in [0.3, 0.4) is 0 Å². The molecule has 2 amide bonds. The third-order valence-electron chi connectivity index (χ3n) is 7.04. The molecule has 36 heavy (non-hydrogen) atoms. The summed E-state index contributed by atoms with van der Waals surface area (Å²) in [6, 6.07) is 8.60. The topological polar surface area (TPSA) is 105 Å². The Balaban J connectivity index is 1.49. The number of nitrogens with zero attached hydrogens (tertiary/aromatic N) is 2. The van der Waals surface area contributed by atoms with E-state index in [1.165, 1.54) is 0 Å². The van der Waals surface area contributed by atoms with Crippen molar-refractivity contribution in [2.45, 2.75) is 82.1 Å². The zero-order valence-corrected chi connectivity index (χ0v) is 22.4. The van der Waals surface area contributed by atoms with E-state index in [1.807, 2.05) is 62.0 Å². The maximum absolute atomic E-state index is 12.8. The van der Waals surface area contributed by atoms with E-state index in [4.69, 9.17) is 4.74 Å². The molecule has 1 saturated carbocycles. The Kier molecular flexibility index (Phi) is 10.7. The molecule has 0 bridgehead atoms. The van der Waals surface area contributed by atoms with Crippen molar-refractivity contribution in [3.63, 3.8) is 0 Å². The largest absolute Gasteiger partial charge is 0.449 e. The second kappa shape index (κ2) is 13.7. The number of amides is 2. The van der Waals surface area contributed by atoms with Gasteiger partial charge in [-0.3, -0.25) is 4.79 Å². The fraction of sp³-hybridized carbons (Fsp3) is 0.593. The summed E-state index contributed by atoms with van der Waals surface area (Å²) in [5.41, 5.74) is 0.942. The van der Waals surface area contributed by atoms with Crippen molar-refractivity contribution in [3.05, 3.63) is 48.3 Å². The summed E-state index contributed by atoms with van der Waals surface area (Å²) >= 11 is 1.71. The Bertz CT molecular complexity index is 964. The van der Waals surface area contributed by atoms with E-state index in [-0.39, 0.29) is 11.5 Å². The van der Waals surface area contributed by atoms with Crippen LogP contribution in [0.25, 0.3) is 0 Å². The standard InChI is InChI=1S/C27H40N4O4S/c1-4-5-12-22(23(32)24(33)29-20(2)21-10-7-6-8-11-21)30-26(34)35-19-27(13-9-14-27)15-18-36-25-28-16-17-31(25)3/h6-8,10-11,16-17,20,22-23,32H,4-5,9,12-15,18-19H2,1-3H3,(H,29,33)(H,30,34)/t20-,22+,23?/m1/s1. The molecule has 3 atom stereocenters. The minimum absolute atomic E-state index is 0.00444. The monoisotopic (exact) mass is 516 g/mol. The van der Waals surface area contributed by atoms with Crippen molar-refractivity contribution in [2.75, 3.05) is 12.4 Å². The number of alkyl carbamates (subject to hydrolysis) is 1. The van der Waals surface area contributed by atoms with Gasteiger partial charge in [0.1, 0.15) is 0 Å². The first-order valence-corrected chi connectivity index (χ1v) is 13.9. The molecule has 1 fully saturated rings. The highest BCUT2D eigenvalue weighted by atomic mass is 32.2. The number of rotatable bonds is 14. The lowest BCUT2D eigenvalue weighted by Crippen LogP contribution is -2.51. The van der Waals surface area contributed by atoms with E-state index in [0.29, 0.717) is 13.0 Å². The summed E-state index contributed by atoms with van der Waals surface area (Å²) < 4.78 is 7.63. The number of nitrogens with one attached hydrogen (secondary N) is 2. The van der Waals surface area contributed by atoms with Gasteiger partial charge >= 0.3 is 6.09 Å². The summed E-state index contributed by atoms with van der Waals surface area (Å²) in [6.45, 7) is 4.24. The number of carbonyl (C=O) groups is 2. The summed E-state index contributed by atoms with van der Waals surface area (Å²) in [5.74, 6) is 0.405. The first-order valence-electron chi connectivity index (χ1n) is 12.9. The van der Waals surface area contributed by atoms with Crippen LogP contribution in [-0.2, 0) is 16.6 Å². The van der Waals surface area contributed by atoms with Gasteiger partial charge in [0.25, 0.3) is 5.91 Å². The first kappa shape index (κ1) is 28.1. The van der Waals surface area contributed by atoms with E-state index in [9.17, 15) is 14.7 Å². The summed E-state index contributed by atoms with van der Waals surface area (Å²) in [4.78, 5) is 29.8. The van der Waals surface area contributed by atoms with Crippen molar-refractivity contribution < 1.29 is 19.4 Å². The van der Waals surface area contributed by atoms with Crippen LogP contribution in [0.15, 0.2) is 47.9 Å². The number of thioether (sulfide) groups is 1. The molecule has 3 N–H and O–H groups in total. The molecule has 1 aromatic carbocycles. The van der Waals surface area contributed by atoms with E-state index < -0.39 is 24.1 Å². The minimum Gasteiger partial charge on any atom is -0.449 e. The Morgan fingerprint density at radius 2 is 2.00 bits per heavy atom. The smallest absolute Gasteiger partial charge is 0.407 e. The van der Waals surface area contributed by atoms with Gasteiger partial charge in [0, 0.05) is 30.6 Å². The molecular weight excluding hydrogens is 476 g/mol. The van der Waals surface area contributed by atoms with Crippen molar-refractivity contribution in [3.8, 4) is 0 Å². The molecule has 1 aromatic heterocycles. The quantitative estimate of drug-likeness (QED) is 0.317. The highest BCUT2D eigenvalue weighted by Crippen LogP contribution is 2.45. The molecule has 0 aliphatic heterocycles. The number of benzene rings is 1. The Labute approximate surface area is 218 Å². The molecule has 8 nitrogen and oxygen atoms in total. The summed E-state index contributed by atoms with van der Waals surface area (Å²) in [7, 11) is 1.98. The molecule has 0 radical (unpaired) electrons. The number of carbonyl (C=O) groups excluding carboxylic acids is 2. The lowest BCUT2D eigenvalue weighted by Gasteiger charge is -2.41.